The summed E-state index contributed by atoms with van der Waals surface area (Å²) in [6, 6.07) is 0.250. The number of aromatic amines is 2. The molecule has 4 N–H and O–H groups in total. The molecule has 1 aromatic heterocycles. The molecular formula is C9H18N4O. The predicted molar refractivity (Wildman–Crippen MR) is 55.1 cm³/mol. The lowest BCUT2D eigenvalue weighted by atomic mass is 10.0. The average Bonchev–Trinajstić information content (AvgIpc) is 2.51. The van der Waals surface area contributed by atoms with Gasteiger partial charge < -0.3 is 5.73 Å². The van der Waals surface area contributed by atoms with E-state index < -0.39 is 0 Å². The molecule has 0 aromatic carbocycles. The van der Waals surface area contributed by atoms with Crippen molar-refractivity contribution in [3.8, 4) is 0 Å². The first-order valence-electron chi connectivity index (χ1n) is 4.99. The first-order chi connectivity index (χ1) is 6.59. The van der Waals surface area contributed by atoms with Crippen LogP contribution in [0.2, 0.25) is 0 Å². The van der Waals surface area contributed by atoms with Crippen LogP contribution in [0.1, 0.15) is 44.9 Å². The SMILES string of the molecule is CC(N)CCCC(C)c1n[nH]c(=O)[nH]1. The van der Waals surface area contributed by atoms with Crippen LogP contribution in [-0.2, 0) is 0 Å². The molecule has 14 heavy (non-hydrogen) atoms. The maximum atomic E-state index is 10.8. The van der Waals surface area contributed by atoms with Crippen molar-refractivity contribution >= 4 is 0 Å². The van der Waals surface area contributed by atoms with E-state index in [1.807, 2.05) is 13.8 Å². The highest BCUT2D eigenvalue weighted by Gasteiger charge is 2.09. The van der Waals surface area contributed by atoms with Gasteiger partial charge in [-0.15, -0.1) is 0 Å². The molecule has 5 heteroatoms. The Hall–Kier alpha value is -1.10. The second-order valence-electron chi connectivity index (χ2n) is 3.87. The molecular weight excluding hydrogens is 180 g/mol. The topological polar surface area (TPSA) is 87.6 Å². The summed E-state index contributed by atoms with van der Waals surface area (Å²) < 4.78 is 0. The van der Waals surface area contributed by atoms with Crippen LogP contribution in [0, 0.1) is 0 Å². The zero-order chi connectivity index (χ0) is 10.6. The number of H-pyrrole nitrogens is 2. The predicted octanol–water partition coefficient (Wildman–Crippen LogP) is 0.719. The Morgan fingerprint density at radius 3 is 2.64 bits per heavy atom. The zero-order valence-electron chi connectivity index (χ0n) is 8.71. The van der Waals surface area contributed by atoms with E-state index in [2.05, 4.69) is 15.2 Å². The minimum atomic E-state index is -0.237. The molecule has 0 aliphatic heterocycles. The normalized spacial score (nSPS) is 15.4. The van der Waals surface area contributed by atoms with E-state index in [-0.39, 0.29) is 17.6 Å². The zero-order valence-corrected chi connectivity index (χ0v) is 8.71. The molecule has 0 radical (unpaired) electrons. The number of hydrogen-bond donors (Lipinski definition) is 3. The summed E-state index contributed by atoms with van der Waals surface area (Å²) in [5.74, 6) is 1.02. The van der Waals surface area contributed by atoms with Gasteiger partial charge in [0.25, 0.3) is 0 Å². The summed E-state index contributed by atoms with van der Waals surface area (Å²) in [5.41, 5.74) is 5.40. The largest absolute Gasteiger partial charge is 0.340 e. The second kappa shape index (κ2) is 4.95. The van der Waals surface area contributed by atoms with E-state index in [0.29, 0.717) is 0 Å². The van der Waals surface area contributed by atoms with Gasteiger partial charge >= 0.3 is 5.69 Å². The third kappa shape index (κ3) is 3.33. The molecule has 80 valence electrons. The van der Waals surface area contributed by atoms with Crippen molar-refractivity contribution < 1.29 is 0 Å². The summed E-state index contributed by atoms with van der Waals surface area (Å²) in [5, 5.41) is 6.25. The number of nitrogens with one attached hydrogen (secondary N) is 2. The third-order valence-corrected chi connectivity index (χ3v) is 2.28. The van der Waals surface area contributed by atoms with E-state index in [9.17, 15) is 4.79 Å². The van der Waals surface area contributed by atoms with Crippen molar-refractivity contribution in [1.82, 2.24) is 15.2 Å². The van der Waals surface area contributed by atoms with Crippen molar-refractivity contribution in [2.75, 3.05) is 0 Å². The molecule has 0 saturated heterocycles. The highest BCUT2D eigenvalue weighted by molar-refractivity contribution is 4.90. The molecule has 0 saturated carbocycles. The van der Waals surface area contributed by atoms with E-state index >= 15 is 0 Å². The average molecular weight is 198 g/mol. The summed E-state index contributed by atoms with van der Waals surface area (Å²) in [6.45, 7) is 4.05. The number of aromatic nitrogens is 3. The van der Waals surface area contributed by atoms with Gasteiger partial charge in [0.05, 0.1) is 0 Å². The van der Waals surface area contributed by atoms with Crippen molar-refractivity contribution in [2.45, 2.75) is 45.1 Å². The number of nitrogens with zero attached hydrogens (tertiary/aromatic N) is 1. The number of hydrogen-bond acceptors (Lipinski definition) is 3. The fourth-order valence-corrected chi connectivity index (χ4v) is 1.40. The maximum Gasteiger partial charge on any atom is 0.340 e. The molecule has 1 heterocycles. The standard InChI is InChI=1S/C9H18N4O/c1-6(4-3-5-7(2)10)8-11-9(14)13-12-8/h6-7H,3-5,10H2,1-2H3,(H2,11,12,13,14). The second-order valence-corrected chi connectivity index (χ2v) is 3.87. The Morgan fingerprint density at radius 1 is 1.43 bits per heavy atom. The minimum Gasteiger partial charge on any atom is -0.328 e. The van der Waals surface area contributed by atoms with Crippen LogP contribution < -0.4 is 11.4 Å². The van der Waals surface area contributed by atoms with Gasteiger partial charge in [-0.2, -0.15) is 5.10 Å². The van der Waals surface area contributed by atoms with Gasteiger partial charge in [0, 0.05) is 12.0 Å². The Balaban J connectivity index is 2.35. The first-order valence-corrected chi connectivity index (χ1v) is 4.99. The van der Waals surface area contributed by atoms with E-state index in [1.165, 1.54) is 0 Å². The summed E-state index contributed by atoms with van der Waals surface area (Å²) in [7, 11) is 0. The van der Waals surface area contributed by atoms with Crippen LogP contribution in [0.25, 0.3) is 0 Å². The van der Waals surface area contributed by atoms with Gasteiger partial charge in [0.2, 0.25) is 0 Å². The summed E-state index contributed by atoms with van der Waals surface area (Å²) >= 11 is 0. The van der Waals surface area contributed by atoms with E-state index in [4.69, 9.17) is 5.73 Å². The molecule has 2 unspecified atom stereocenters. The Bertz CT molecular complexity index is 315. The van der Waals surface area contributed by atoms with Crippen LogP contribution >= 0.6 is 0 Å². The molecule has 0 aliphatic carbocycles. The van der Waals surface area contributed by atoms with Crippen LogP contribution in [0.4, 0.5) is 0 Å². The van der Waals surface area contributed by atoms with Gasteiger partial charge in [0.1, 0.15) is 5.82 Å². The smallest absolute Gasteiger partial charge is 0.328 e. The molecule has 0 aliphatic rings. The van der Waals surface area contributed by atoms with Gasteiger partial charge in [-0.25, -0.2) is 9.89 Å². The quantitative estimate of drug-likeness (QED) is 0.651. The van der Waals surface area contributed by atoms with Crippen molar-refractivity contribution in [3.63, 3.8) is 0 Å². The molecule has 0 amide bonds. The molecule has 2 atom stereocenters. The van der Waals surface area contributed by atoms with Crippen molar-refractivity contribution in [2.24, 2.45) is 5.73 Å². The minimum absolute atomic E-state index is 0.237. The Labute approximate surface area is 83.1 Å². The number of rotatable bonds is 5. The molecule has 0 bridgehead atoms. The fraction of sp³-hybridized carbons (Fsp3) is 0.778. The highest BCUT2D eigenvalue weighted by Crippen LogP contribution is 2.16. The lowest BCUT2D eigenvalue weighted by Crippen LogP contribution is -2.14. The summed E-state index contributed by atoms with van der Waals surface area (Å²) in [4.78, 5) is 13.4. The Kier molecular flexibility index (Phi) is 3.88. The molecule has 1 aromatic rings. The first kappa shape index (κ1) is 11.0. The third-order valence-electron chi connectivity index (χ3n) is 2.28. The van der Waals surface area contributed by atoms with Crippen LogP contribution in [-0.4, -0.2) is 21.2 Å². The van der Waals surface area contributed by atoms with E-state index in [0.717, 1.165) is 25.1 Å². The number of nitrogens with two attached hydrogens (primary N) is 1. The van der Waals surface area contributed by atoms with Crippen molar-refractivity contribution in [3.05, 3.63) is 16.3 Å². The highest BCUT2D eigenvalue weighted by atomic mass is 16.1. The fourth-order valence-electron chi connectivity index (χ4n) is 1.40. The van der Waals surface area contributed by atoms with Crippen LogP contribution in [0.5, 0.6) is 0 Å². The molecule has 0 fully saturated rings. The van der Waals surface area contributed by atoms with Gasteiger partial charge in [0.15, 0.2) is 0 Å². The lowest BCUT2D eigenvalue weighted by molar-refractivity contribution is 0.544. The summed E-state index contributed by atoms with van der Waals surface area (Å²) in [6.07, 6.45) is 3.08. The monoisotopic (exact) mass is 198 g/mol. The van der Waals surface area contributed by atoms with Crippen LogP contribution in [0.15, 0.2) is 4.79 Å². The lowest BCUT2D eigenvalue weighted by Gasteiger charge is -2.08. The van der Waals surface area contributed by atoms with Gasteiger partial charge in [-0.05, 0) is 19.8 Å². The van der Waals surface area contributed by atoms with Crippen LogP contribution in [0.3, 0.4) is 0 Å². The maximum absolute atomic E-state index is 10.8. The Morgan fingerprint density at radius 2 is 2.14 bits per heavy atom. The van der Waals surface area contributed by atoms with E-state index in [1.54, 1.807) is 0 Å². The molecule has 0 spiro atoms. The van der Waals surface area contributed by atoms with Crippen molar-refractivity contribution in [1.29, 1.82) is 0 Å². The molecule has 1 rings (SSSR count). The molecule has 5 nitrogen and oxygen atoms in total. The van der Waals surface area contributed by atoms with Gasteiger partial charge in [-0.3, -0.25) is 4.98 Å². The van der Waals surface area contributed by atoms with Gasteiger partial charge in [-0.1, -0.05) is 13.3 Å².